The molecule has 28 heavy (non-hydrogen) atoms. The summed E-state index contributed by atoms with van der Waals surface area (Å²) in [7, 11) is 1.67. The molecular weight excluding hydrogens is 350 g/mol. The molecule has 2 atom stereocenters. The van der Waals surface area contributed by atoms with Gasteiger partial charge < -0.3 is 19.5 Å². The van der Waals surface area contributed by atoms with Crippen molar-refractivity contribution in [2.24, 2.45) is 5.92 Å². The summed E-state index contributed by atoms with van der Waals surface area (Å²) in [5.41, 5.74) is 1.83. The van der Waals surface area contributed by atoms with Crippen LogP contribution in [0.3, 0.4) is 0 Å². The van der Waals surface area contributed by atoms with E-state index in [1.165, 1.54) is 45.2 Å². The molecule has 0 bridgehead atoms. The first-order valence-electron chi connectivity index (χ1n) is 10.8. The van der Waals surface area contributed by atoms with Crippen molar-refractivity contribution in [3.8, 4) is 5.75 Å². The van der Waals surface area contributed by atoms with Crippen molar-refractivity contribution in [1.29, 1.82) is 0 Å². The number of fused-ring (bicyclic) bond motifs is 2. The number of hydrogen-bond acceptors (Lipinski definition) is 3. The van der Waals surface area contributed by atoms with Crippen LogP contribution in [-0.2, 0) is 0 Å². The normalized spacial score (nSPS) is 23.0. The fourth-order valence-corrected chi connectivity index (χ4v) is 5.10. The number of hydrogen-bond donors (Lipinski definition) is 1. The number of ether oxygens (including phenoxy) is 1. The Labute approximate surface area is 168 Å². The molecule has 0 saturated carbocycles. The van der Waals surface area contributed by atoms with Gasteiger partial charge in [-0.15, -0.1) is 0 Å². The van der Waals surface area contributed by atoms with Crippen LogP contribution >= 0.6 is 0 Å². The summed E-state index contributed by atoms with van der Waals surface area (Å²) in [6.07, 6.45) is 8.41. The number of amides is 1. The number of aromatic nitrogens is 1. The molecule has 4 rings (SSSR count). The van der Waals surface area contributed by atoms with Crippen LogP contribution < -0.4 is 10.1 Å². The van der Waals surface area contributed by atoms with Gasteiger partial charge in [0, 0.05) is 35.7 Å². The number of nitrogens with zero attached hydrogens (tertiary/aromatic N) is 2. The molecule has 2 fully saturated rings. The zero-order valence-corrected chi connectivity index (χ0v) is 17.4. The fraction of sp³-hybridized carbons (Fsp3) is 0.609. The van der Waals surface area contributed by atoms with E-state index in [0.717, 1.165) is 28.8 Å². The Balaban J connectivity index is 1.53. The maximum absolute atomic E-state index is 13.1. The third kappa shape index (κ3) is 3.64. The number of carbonyl (C=O) groups is 1. The second-order valence-corrected chi connectivity index (χ2v) is 8.64. The van der Waals surface area contributed by atoms with E-state index in [2.05, 4.69) is 28.6 Å². The number of methoxy groups -OCH3 is 1. The monoisotopic (exact) mass is 383 g/mol. The second kappa shape index (κ2) is 8.16. The van der Waals surface area contributed by atoms with E-state index in [1.54, 1.807) is 7.11 Å². The summed E-state index contributed by atoms with van der Waals surface area (Å²) in [6.45, 7) is 7.53. The molecule has 0 aliphatic carbocycles. The Bertz CT molecular complexity index is 840. The van der Waals surface area contributed by atoms with Gasteiger partial charge in [0.1, 0.15) is 5.75 Å². The van der Waals surface area contributed by atoms with Crippen LogP contribution in [0.15, 0.2) is 24.4 Å². The average Bonchev–Trinajstić information content (AvgIpc) is 3.11. The van der Waals surface area contributed by atoms with Crippen LogP contribution in [0, 0.1) is 5.92 Å². The Hall–Kier alpha value is -2.01. The SMILES string of the molecule is COc1ccc2c(c1)c(C(=O)NC[C@@H]1CCCN3CCCC[C@H]13)cn2C(C)C. The third-order valence-electron chi connectivity index (χ3n) is 6.59. The van der Waals surface area contributed by atoms with Crippen LogP contribution in [0.25, 0.3) is 10.9 Å². The van der Waals surface area contributed by atoms with E-state index in [-0.39, 0.29) is 5.91 Å². The molecule has 5 heteroatoms. The first-order valence-corrected chi connectivity index (χ1v) is 10.8. The first-order chi connectivity index (χ1) is 13.6. The predicted molar refractivity (Wildman–Crippen MR) is 113 cm³/mol. The lowest BCUT2D eigenvalue weighted by Gasteiger charge is -2.44. The Morgan fingerprint density at radius 2 is 2.04 bits per heavy atom. The van der Waals surface area contributed by atoms with E-state index >= 15 is 0 Å². The van der Waals surface area contributed by atoms with Gasteiger partial charge in [0.05, 0.1) is 12.7 Å². The standard InChI is InChI=1S/C23H33N3O2/c1-16(2)26-15-20(19-13-18(28-3)9-10-22(19)26)23(27)24-14-17-7-6-12-25-11-5-4-8-21(17)25/h9-10,13,15-17,21H,4-8,11-12,14H2,1-3H3,(H,24,27)/t17-,21+/m0/s1. The molecule has 0 spiro atoms. The minimum absolute atomic E-state index is 0.0329. The van der Waals surface area contributed by atoms with E-state index in [1.807, 2.05) is 24.4 Å². The number of carbonyl (C=O) groups excluding carboxylic acids is 1. The van der Waals surface area contributed by atoms with Crippen molar-refractivity contribution < 1.29 is 9.53 Å². The molecule has 0 unspecified atom stereocenters. The highest BCUT2D eigenvalue weighted by Gasteiger charge is 2.33. The quantitative estimate of drug-likeness (QED) is 0.841. The van der Waals surface area contributed by atoms with Crippen molar-refractivity contribution in [2.45, 2.75) is 58.0 Å². The van der Waals surface area contributed by atoms with Gasteiger partial charge in [-0.25, -0.2) is 0 Å². The molecule has 152 valence electrons. The fourth-order valence-electron chi connectivity index (χ4n) is 5.10. The molecule has 2 saturated heterocycles. The molecule has 2 aromatic rings. The lowest BCUT2D eigenvalue weighted by molar-refractivity contribution is 0.0576. The number of piperidine rings is 2. The molecule has 3 heterocycles. The van der Waals surface area contributed by atoms with Gasteiger partial charge in [-0.2, -0.15) is 0 Å². The van der Waals surface area contributed by atoms with Gasteiger partial charge in [-0.1, -0.05) is 6.42 Å². The predicted octanol–water partition coefficient (Wildman–Crippen LogP) is 4.23. The van der Waals surface area contributed by atoms with Crippen LogP contribution in [0.1, 0.15) is 62.4 Å². The Morgan fingerprint density at radius 3 is 2.82 bits per heavy atom. The first kappa shape index (κ1) is 19.3. The molecule has 2 aliphatic rings. The summed E-state index contributed by atoms with van der Waals surface area (Å²) >= 11 is 0. The van der Waals surface area contributed by atoms with E-state index in [9.17, 15) is 4.79 Å². The minimum atomic E-state index is 0.0329. The summed E-state index contributed by atoms with van der Waals surface area (Å²) in [4.78, 5) is 15.8. The largest absolute Gasteiger partial charge is 0.497 e. The topological polar surface area (TPSA) is 46.5 Å². The Morgan fingerprint density at radius 1 is 1.21 bits per heavy atom. The molecule has 2 aliphatic heterocycles. The van der Waals surface area contributed by atoms with Gasteiger partial charge in [0.2, 0.25) is 0 Å². The average molecular weight is 384 g/mol. The van der Waals surface area contributed by atoms with Crippen LogP contribution in [0.2, 0.25) is 0 Å². The van der Waals surface area contributed by atoms with Gasteiger partial charge in [0.25, 0.3) is 5.91 Å². The maximum Gasteiger partial charge on any atom is 0.253 e. The number of nitrogens with one attached hydrogen (secondary N) is 1. The Kier molecular flexibility index (Phi) is 5.63. The van der Waals surface area contributed by atoms with Crippen molar-refractivity contribution in [3.05, 3.63) is 30.0 Å². The van der Waals surface area contributed by atoms with Crippen molar-refractivity contribution in [2.75, 3.05) is 26.7 Å². The molecule has 1 amide bonds. The number of benzene rings is 1. The molecule has 5 nitrogen and oxygen atoms in total. The zero-order valence-electron chi connectivity index (χ0n) is 17.4. The highest BCUT2D eigenvalue weighted by Crippen LogP contribution is 2.31. The maximum atomic E-state index is 13.1. The zero-order chi connectivity index (χ0) is 19.7. The molecule has 1 aromatic carbocycles. The van der Waals surface area contributed by atoms with Crippen molar-refractivity contribution in [3.63, 3.8) is 0 Å². The number of rotatable bonds is 5. The van der Waals surface area contributed by atoms with Crippen molar-refractivity contribution in [1.82, 2.24) is 14.8 Å². The third-order valence-corrected chi connectivity index (χ3v) is 6.59. The summed E-state index contributed by atoms with van der Waals surface area (Å²) in [5.74, 6) is 1.39. The van der Waals surface area contributed by atoms with E-state index in [4.69, 9.17) is 4.74 Å². The lowest BCUT2D eigenvalue weighted by atomic mass is 9.83. The highest BCUT2D eigenvalue weighted by atomic mass is 16.5. The smallest absolute Gasteiger partial charge is 0.253 e. The van der Waals surface area contributed by atoms with Gasteiger partial charge in [-0.3, -0.25) is 4.79 Å². The summed E-state index contributed by atoms with van der Waals surface area (Å²) in [6, 6.07) is 6.94. The van der Waals surface area contributed by atoms with E-state index in [0.29, 0.717) is 18.0 Å². The summed E-state index contributed by atoms with van der Waals surface area (Å²) < 4.78 is 7.57. The van der Waals surface area contributed by atoms with Gasteiger partial charge in [0.15, 0.2) is 0 Å². The second-order valence-electron chi connectivity index (χ2n) is 8.64. The summed E-state index contributed by atoms with van der Waals surface area (Å²) in [5, 5.41) is 4.23. The lowest BCUT2D eigenvalue weighted by Crippen LogP contribution is -2.51. The highest BCUT2D eigenvalue weighted by molar-refractivity contribution is 6.07. The minimum Gasteiger partial charge on any atom is -0.497 e. The van der Waals surface area contributed by atoms with E-state index < -0.39 is 0 Å². The van der Waals surface area contributed by atoms with Crippen molar-refractivity contribution >= 4 is 16.8 Å². The molecule has 0 radical (unpaired) electrons. The molecule has 1 aromatic heterocycles. The van der Waals surface area contributed by atoms with Gasteiger partial charge in [-0.05, 0) is 76.7 Å². The molecular formula is C23H33N3O2. The van der Waals surface area contributed by atoms with Crippen LogP contribution in [-0.4, -0.2) is 48.2 Å². The molecule has 1 N–H and O–H groups in total. The van der Waals surface area contributed by atoms with Gasteiger partial charge >= 0.3 is 0 Å². The van der Waals surface area contributed by atoms with Crippen LogP contribution in [0.4, 0.5) is 0 Å². The van der Waals surface area contributed by atoms with Crippen LogP contribution in [0.5, 0.6) is 5.75 Å².